The van der Waals surface area contributed by atoms with Crippen LogP contribution in [0.25, 0.3) is 0 Å². The molecule has 0 aromatic heterocycles. The maximum absolute atomic E-state index is 10.4. The van der Waals surface area contributed by atoms with Gasteiger partial charge in [-0.2, -0.15) is 5.26 Å². The topological polar surface area (TPSA) is 27.0 Å². The summed E-state index contributed by atoms with van der Waals surface area (Å²) < 4.78 is 0. The number of likely N-dealkylation sites (tertiary alicyclic amines) is 1. The molecule has 0 amide bonds. The van der Waals surface area contributed by atoms with Crippen LogP contribution in [0.1, 0.15) is 56.1 Å². The lowest BCUT2D eigenvalue weighted by atomic mass is 9.69. The lowest BCUT2D eigenvalue weighted by Crippen LogP contribution is -2.54. The van der Waals surface area contributed by atoms with E-state index in [9.17, 15) is 5.26 Å². The Labute approximate surface area is 157 Å². The van der Waals surface area contributed by atoms with Crippen LogP contribution in [0, 0.1) is 11.3 Å². The molecule has 2 heteroatoms. The summed E-state index contributed by atoms with van der Waals surface area (Å²) in [5, 5.41) is 10.4. The molecule has 1 saturated heterocycles. The van der Waals surface area contributed by atoms with Gasteiger partial charge in [0.05, 0.1) is 6.07 Å². The molecule has 4 rings (SSSR count). The van der Waals surface area contributed by atoms with E-state index >= 15 is 0 Å². The monoisotopic (exact) mass is 344 g/mol. The molecule has 1 aliphatic heterocycles. The van der Waals surface area contributed by atoms with Crippen molar-refractivity contribution in [2.45, 2.75) is 55.9 Å². The average molecular weight is 345 g/mol. The van der Waals surface area contributed by atoms with E-state index in [1.807, 2.05) is 12.1 Å². The van der Waals surface area contributed by atoms with Crippen LogP contribution in [0.3, 0.4) is 0 Å². The first-order valence-corrected chi connectivity index (χ1v) is 10.1. The third-order valence-corrected chi connectivity index (χ3v) is 6.75. The maximum atomic E-state index is 10.4. The van der Waals surface area contributed by atoms with Gasteiger partial charge in [0.2, 0.25) is 0 Å². The molecule has 0 N–H and O–H groups in total. The normalized spacial score (nSPS) is 19.7. The van der Waals surface area contributed by atoms with E-state index in [0.29, 0.717) is 5.54 Å². The van der Waals surface area contributed by atoms with Crippen molar-refractivity contribution in [3.63, 3.8) is 0 Å². The molecule has 2 fully saturated rings. The zero-order chi connectivity index (χ0) is 17.9. The molecule has 0 atom stereocenters. The molecule has 0 radical (unpaired) electrons. The third-order valence-electron chi connectivity index (χ3n) is 6.75. The van der Waals surface area contributed by atoms with Gasteiger partial charge >= 0.3 is 0 Å². The molecule has 2 aromatic rings. The zero-order valence-corrected chi connectivity index (χ0v) is 15.5. The quantitative estimate of drug-likeness (QED) is 0.711. The van der Waals surface area contributed by atoms with Crippen molar-refractivity contribution in [2.24, 2.45) is 0 Å². The Morgan fingerprint density at radius 1 is 0.846 bits per heavy atom. The average Bonchev–Trinajstić information content (AvgIpc) is 3.12. The summed E-state index contributed by atoms with van der Waals surface area (Å²) in [6.45, 7) is 2.49. The summed E-state index contributed by atoms with van der Waals surface area (Å²) in [5.41, 5.74) is 2.04. The molecular weight excluding hydrogens is 316 g/mol. The number of rotatable bonds is 6. The highest BCUT2D eigenvalue weighted by atomic mass is 15.2. The number of nitrogens with zero attached hydrogens (tertiary/aromatic N) is 2. The van der Waals surface area contributed by atoms with Crippen LogP contribution in [0.5, 0.6) is 0 Å². The molecule has 0 bridgehead atoms. The first-order valence-electron chi connectivity index (χ1n) is 10.1. The Kier molecular flexibility index (Phi) is 4.83. The molecule has 2 nitrogen and oxygen atoms in total. The largest absolute Gasteiger partial charge is 0.298 e. The highest BCUT2D eigenvalue weighted by molar-refractivity contribution is 5.45. The first kappa shape index (κ1) is 17.3. The van der Waals surface area contributed by atoms with E-state index in [0.717, 1.165) is 24.0 Å². The summed E-state index contributed by atoms with van der Waals surface area (Å²) in [5.74, 6) is 0. The summed E-state index contributed by atoms with van der Waals surface area (Å²) in [7, 11) is 0. The third kappa shape index (κ3) is 2.95. The lowest BCUT2D eigenvalue weighted by Gasteiger charge is -2.48. The summed E-state index contributed by atoms with van der Waals surface area (Å²) in [6, 6.07) is 23.6. The fourth-order valence-electron chi connectivity index (χ4n) is 5.05. The number of benzene rings is 2. The molecule has 1 heterocycles. The summed E-state index contributed by atoms with van der Waals surface area (Å²) in [4.78, 5) is 2.71. The van der Waals surface area contributed by atoms with Gasteiger partial charge in [-0.15, -0.1) is 0 Å². The molecule has 134 valence electrons. The second-order valence-electron chi connectivity index (χ2n) is 8.02. The van der Waals surface area contributed by atoms with Crippen molar-refractivity contribution in [2.75, 3.05) is 13.1 Å². The van der Waals surface area contributed by atoms with Gasteiger partial charge in [-0.3, -0.25) is 4.90 Å². The molecule has 1 aliphatic carbocycles. The van der Waals surface area contributed by atoms with Crippen molar-refractivity contribution in [3.05, 3.63) is 71.8 Å². The van der Waals surface area contributed by atoms with Gasteiger partial charge in [0.25, 0.3) is 0 Å². The van der Waals surface area contributed by atoms with Crippen LogP contribution in [-0.4, -0.2) is 23.5 Å². The molecule has 0 unspecified atom stereocenters. The van der Waals surface area contributed by atoms with Crippen LogP contribution >= 0.6 is 0 Å². The van der Waals surface area contributed by atoms with Gasteiger partial charge < -0.3 is 0 Å². The molecule has 1 saturated carbocycles. The van der Waals surface area contributed by atoms with Crippen LogP contribution < -0.4 is 0 Å². The second kappa shape index (κ2) is 7.25. The van der Waals surface area contributed by atoms with Gasteiger partial charge in [-0.1, -0.05) is 73.5 Å². The van der Waals surface area contributed by atoms with E-state index < -0.39 is 5.41 Å². The van der Waals surface area contributed by atoms with E-state index in [2.05, 4.69) is 59.5 Å². The van der Waals surface area contributed by atoms with Crippen molar-refractivity contribution < 1.29 is 0 Å². The van der Waals surface area contributed by atoms with Crippen LogP contribution in [0.2, 0.25) is 0 Å². The lowest BCUT2D eigenvalue weighted by molar-refractivity contribution is 0.0229. The Balaban J connectivity index is 1.69. The minimum atomic E-state index is -0.553. The molecule has 0 spiro atoms. The van der Waals surface area contributed by atoms with Gasteiger partial charge in [-0.05, 0) is 56.3 Å². The van der Waals surface area contributed by atoms with E-state index in [1.165, 1.54) is 45.2 Å². The Morgan fingerprint density at radius 2 is 1.38 bits per heavy atom. The predicted molar refractivity (Wildman–Crippen MR) is 106 cm³/mol. The van der Waals surface area contributed by atoms with E-state index in [4.69, 9.17) is 0 Å². The Morgan fingerprint density at radius 3 is 1.81 bits per heavy atom. The van der Waals surface area contributed by atoms with Crippen LogP contribution in [0.4, 0.5) is 0 Å². The zero-order valence-electron chi connectivity index (χ0n) is 15.5. The highest BCUT2D eigenvalue weighted by Gasteiger charge is 2.44. The number of nitriles is 1. The molecular formula is C24H28N2. The van der Waals surface area contributed by atoms with Crippen LogP contribution in [0.15, 0.2) is 60.7 Å². The predicted octanol–water partition coefficient (Wildman–Crippen LogP) is 5.29. The Hall–Kier alpha value is -2.11. The van der Waals surface area contributed by atoms with Crippen molar-refractivity contribution in [3.8, 4) is 6.07 Å². The van der Waals surface area contributed by atoms with Crippen molar-refractivity contribution in [1.29, 1.82) is 5.26 Å². The standard InChI is InChI=1S/C24H28N2/c25-20-24(21-10-3-1-4-11-21,22-12-5-2-6-13-22)17-16-23(14-7-8-15-23)26-18-9-19-26/h1-6,10-13H,7-9,14-19H2. The molecule has 2 aliphatic rings. The Bertz CT molecular complexity index is 710. The fraction of sp³-hybridized carbons (Fsp3) is 0.458. The first-order chi connectivity index (χ1) is 12.8. The van der Waals surface area contributed by atoms with E-state index in [-0.39, 0.29) is 0 Å². The second-order valence-corrected chi connectivity index (χ2v) is 8.02. The van der Waals surface area contributed by atoms with Gasteiger partial charge in [0, 0.05) is 5.54 Å². The molecule has 2 aromatic carbocycles. The fourth-order valence-corrected chi connectivity index (χ4v) is 5.05. The van der Waals surface area contributed by atoms with Gasteiger partial charge in [0.1, 0.15) is 5.41 Å². The van der Waals surface area contributed by atoms with Crippen molar-refractivity contribution >= 4 is 0 Å². The highest BCUT2D eigenvalue weighted by Crippen LogP contribution is 2.45. The number of hydrogen-bond acceptors (Lipinski definition) is 2. The SMILES string of the molecule is N#CC(CCC1(N2CCC2)CCCC1)(c1ccccc1)c1ccccc1. The van der Waals surface area contributed by atoms with Crippen LogP contribution in [-0.2, 0) is 5.41 Å². The smallest absolute Gasteiger partial charge is 0.107 e. The van der Waals surface area contributed by atoms with E-state index in [1.54, 1.807) is 0 Å². The number of hydrogen-bond donors (Lipinski definition) is 0. The van der Waals surface area contributed by atoms with Gasteiger partial charge in [-0.25, -0.2) is 0 Å². The molecule has 26 heavy (non-hydrogen) atoms. The minimum absolute atomic E-state index is 0.337. The van der Waals surface area contributed by atoms with Gasteiger partial charge in [0.15, 0.2) is 0 Å². The minimum Gasteiger partial charge on any atom is -0.298 e. The summed E-state index contributed by atoms with van der Waals surface area (Å²) in [6.07, 6.45) is 8.64. The summed E-state index contributed by atoms with van der Waals surface area (Å²) >= 11 is 0. The van der Waals surface area contributed by atoms with Crippen molar-refractivity contribution in [1.82, 2.24) is 4.90 Å². The maximum Gasteiger partial charge on any atom is 0.107 e.